The van der Waals surface area contributed by atoms with Crippen molar-refractivity contribution in [1.82, 2.24) is 0 Å². The molecule has 0 fully saturated rings. The quantitative estimate of drug-likeness (QED) is 0.268. The number of allylic oxidation sites excluding steroid dienone is 1. The summed E-state index contributed by atoms with van der Waals surface area (Å²) >= 11 is 0. The normalized spacial score (nSPS) is 10.5. The largest absolute Gasteiger partial charge is 0.516 e. The molecule has 4 heteroatoms. The van der Waals surface area contributed by atoms with Crippen molar-refractivity contribution in [2.24, 2.45) is 0 Å². The van der Waals surface area contributed by atoms with Crippen LogP contribution >= 0.6 is 0 Å². The average Bonchev–Trinajstić information content (AvgIpc) is 2.01. The molecule has 0 saturated carbocycles. The molecule has 0 saturated heterocycles. The van der Waals surface area contributed by atoms with Gasteiger partial charge in [0.25, 0.3) is 0 Å². The van der Waals surface area contributed by atoms with Crippen molar-refractivity contribution >= 4 is 12.6 Å². The van der Waals surface area contributed by atoms with Crippen LogP contribution in [-0.2, 0) is 14.3 Å². The third-order valence-electron chi connectivity index (χ3n) is 1.05. The summed E-state index contributed by atoms with van der Waals surface area (Å²) in [4.78, 5) is 20.0. The van der Waals surface area contributed by atoms with Crippen molar-refractivity contribution in [3.05, 3.63) is 11.6 Å². The van der Waals surface area contributed by atoms with Crippen LogP contribution in [0.1, 0.15) is 13.8 Å². The first kappa shape index (κ1) is 9.68. The van der Waals surface area contributed by atoms with Crippen molar-refractivity contribution in [3.8, 4) is 0 Å². The standard InChI is InChI=1S/C7H10O4/c1-3-6(2)4-10-7(9)11-5-8/h3,5H,4H2,1-2H3. The van der Waals surface area contributed by atoms with E-state index in [1.807, 2.05) is 6.92 Å². The van der Waals surface area contributed by atoms with Crippen molar-refractivity contribution < 1.29 is 19.1 Å². The summed E-state index contributed by atoms with van der Waals surface area (Å²) in [5.74, 6) is 0. The molecule has 0 heterocycles. The lowest BCUT2D eigenvalue weighted by molar-refractivity contribution is -0.125. The lowest BCUT2D eigenvalue weighted by Gasteiger charge is -2.00. The van der Waals surface area contributed by atoms with E-state index in [9.17, 15) is 9.59 Å². The second kappa shape index (κ2) is 5.46. The Labute approximate surface area is 64.8 Å². The monoisotopic (exact) mass is 158 g/mol. The van der Waals surface area contributed by atoms with E-state index in [1.54, 1.807) is 13.0 Å². The van der Waals surface area contributed by atoms with Gasteiger partial charge in [0.15, 0.2) is 0 Å². The molecule has 0 atom stereocenters. The highest BCUT2D eigenvalue weighted by Gasteiger charge is 2.01. The van der Waals surface area contributed by atoms with Crippen LogP contribution < -0.4 is 0 Å². The first-order valence-corrected chi connectivity index (χ1v) is 3.09. The van der Waals surface area contributed by atoms with Gasteiger partial charge >= 0.3 is 12.6 Å². The molecule has 0 rings (SSSR count). The van der Waals surface area contributed by atoms with Crippen LogP contribution in [0.5, 0.6) is 0 Å². The molecule has 0 aromatic rings. The van der Waals surface area contributed by atoms with E-state index in [4.69, 9.17) is 0 Å². The number of rotatable bonds is 3. The van der Waals surface area contributed by atoms with Crippen LogP contribution in [0.15, 0.2) is 11.6 Å². The number of hydrogen-bond acceptors (Lipinski definition) is 4. The minimum Gasteiger partial charge on any atom is -0.429 e. The third-order valence-corrected chi connectivity index (χ3v) is 1.05. The molecule has 0 aliphatic rings. The predicted molar refractivity (Wildman–Crippen MR) is 37.9 cm³/mol. The second-order valence-electron chi connectivity index (χ2n) is 1.89. The molecule has 0 amide bonds. The van der Waals surface area contributed by atoms with Gasteiger partial charge in [0.2, 0.25) is 0 Å². The summed E-state index contributed by atoms with van der Waals surface area (Å²) in [6.07, 6.45) is 0.829. The van der Waals surface area contributed by atoms with Gasteiger partial charge in [-0.2, -0.15) is 0 Å². The highest BCUT2D eigenvalue weighted by atomic mass is 16.7. The zero-order valence-corrected chi connectivity index (χ0v) is 6.49. The Morgan fingerprint density at radius 1 is 1.55 bits per heavy atom. The summed E-state index contributed by atoms with van der Waals surface area (Å²) in [6.45, 7) is 3.81. The van der Waals surface area contributed by atoms with Gasteiger partial charge in [-0.15, -0.1) is 0 Å². The van der Waals surface area contributed by atoms with E-state index in [2.05, 4.69) is 9.47 Å². The molecule has 0 aliphatic carbocycles. The lowest BCUT2D eigenvalue weighted by Crippen LogP contribution is -2.07. The average molecular weight is 158 g/mol. The van der Waals surface area contributed by atoms with E-state index in [0.717, 1.165) is 5.57 Å². The minimum atomic E-state index is -0.971. The van der Waals surface area contributed by atoms with Crippen LogP contribution in [0.2, 0.25) is 0 Å². The van der Waals surface area contributed by atoms with Crippen molar-refractivity contribution in [1.29, 1.82) is 0 Å². The molecule has 4 nitrogen and oxygen atoms in total. The maximum atomic E-state index is 10.4. The lowest BCUT2D eigenvalue weighted by atomic mass is 10.3. The Morgan fingerprint density at radius 3 is 2.64 bits per heavy atom. The summed E-state index contributed by atoms with van der Waals surface area (Å²) < 4.78 is 8.34. The second-order valence-corrected chi connectivity index (χ2v) is 1.89. The zero-order chi connectivity index (χ0) is 8.69. The van der Waals surface area contributed by atoms with Gasteiger partial charge in [-0.25, -0.2) is 4.79 Å². The van der Waals surface area contributed by atoms with Crippen molar-refractivity contribution in [2.45, 2.75) is 13.8 Å². The van der Waals surface area contributed by atoms with Crippen molar-refractivity contribution in [3.63, 3.8) is 0 Å². The molecule has 0 unspecified atom stereocenters. The number of carbonyl (C=O) groups is 2. The Kier molecular flexibility index (Phi) is 4.81. The van der Waals surface area contributed by atoms with Crippen molar-refractivity contribution in [2.75, 3.05) is 6.61 Å². The summed E-state index contributed by atoms with van der Waals surface area (Å²) in [5.41, 5.74) is 0.896. The summed E-state index contributed by atoms with van der Waals surface area (Å²) in [5, 5.41) is 0. The first-order valence-electron chi connectivity index (χ1n) is 3.09. The Morgan fingerprint density at radius 2 is 2.18 bits per heavy atom. The number of ether oxygens (including phenoxy) is 2. The molecule has 0 aromatic heterocycles. The van der Waals surface area contributed by atoms with Gasteiger partial charge in [0.05, 0.1) is 0 Å². The minimum absolute atomic E-state index is 0.0350. The van der Waals surface area contributed by atoms with Gasteiger partial charge in [0.1, 0.15) is 6.61 Å². The van der Waals surface area contributed by atoms with Gasteiger partial charge < -0.3 is 9.47 Å². The molecule has 0 aromatic carbocycles. The fourth-order valence-corrected chi connectivity index (χ4v) is 0.329. The highest BCUT2D eigenvalue weighted by molar-refractivity contribution is 5.69. The predicted octanol–water partition coefficient (Wildman–Crippen LogP) is 1.26. The Bertz CT molecular complexity index is 171. The third kappa shape index (κ3) is 5.14. The molecule has 0 spiro atoms. The smallest absolute Gasteiger partial charge is 0.429 e. The summed E-state index contributed by atoms with van der Waals surface area (Å²) in [7, 11) is 0. The Balaban J connectivity index is 3.53. The van der Waals surface area contributed by atoms with E-state index >= 15 is 0 Å². The van der Waals surface area contributed by atoms with E-state index in [1.165, 1.54) is 0 Å². The molecule has 11 heavy (non-hydrogen) atoms. The SMILES string of the molecule is CC=C(C)COC(=O)OC=O. The van der Waals surface area contributed by atoms with Crippen LogP contribution in [0.25, 0.3) is 0 Å². The van der Waals surface area contributed by atoms with E-state index < -0.39 is 6.16 Å². The van der Waals surface area contributed by atoms with Gasteiger partial charge in [0, 0.05) is 0 Å². The van der Waals surface area contributed by atoms with Crippen LogP contribution in [-0.4, -0.2) is 19.2 Å². The van der Waals surface area contributed by atoms with Gasteiger partial charge in [-0.3, -0.25) is 4.79 Å². The van der Waals surface area contributed by atoms with Gasteiger partial charge in [-0.1, -0.05) is 6.08 Å². The number of carbonyl (C=O) groups excluding carboxylic acids is 2. The van der Waals surface area contributed by atoms with Crippen LogP contribution in [0.3, 0.4) is 0 Å². The maximum Gasteiger partial charge on any atom is 0.516 e. The topological polar surface area (TPSA) is 52.6 Å². The fraction of sp³-hybridized carbons (Fsp3) is 0.429. The number of hydrogen-bond donors (Lipinski definition) is 0. The maximum absolute atomic E-state index is 10.4. The van der Waals surface area contributed by atoms with Crippen LogP contribution in [0, 0.1) is 0 Å². The molecular formula is C7H10O4. The Hall–Kier alpha value is -1.32. The molecule has 0 radical (unpaired) electrons. The zero-order valence-electron chi connectivity index (χ0n) is 6.49. The van der Waals surface area contributed by atoms with E-state index in [-0.39, 0.29) is 13.1 Å². The summed E-state index contributed by atoms with van der Waals surface area (Å²) in [6, 6.07) is 0. The molecule has 0 bridgehead atoms. The molecular weight excluding hydrogens is 148 g/mol. The molecule has 0 N–H and O–H groups in total. The molecule has 0 aliphatic heterocycles. The highest BCUT2D eigenvalue weighted by Crippen LogP contribution is 1.93. The van der Waals surface area contributed by atoms with Crippen LogP contribution in [0.4, 0.5) is 4.79 Å². The fourth-order valence-electron chi connectivity index (χ4n) is 0.329. The molecule has 62 valence electrons. The van der Waals surface area contributed by atoms with E-state index in [0.29, 0.717) is 0 Å². The first-order chi connectivity index (χ1) is 5.20. The van der Waals surface area contributed by atoms with Gasteiger partial charge in [-0.05, 0) is 19.4 Å².